The molecule has 1 heterocycles. The summed E-state index contributed by atoms with van der Waals surface area (Å²) in [6.45, 7) is 10.3. The van der Waals surface area contributed by atoms with Crippen molar-refractivity contribution in [3.63, 3.8) is 0 Å². The molecule has 0 amide bonds. The molecular formula is C20H30O2. The highest BCUT2D eigenvalue weighted by molar-refractivity contribution is 5.85. The monoisotopic (exact) mass is 302 g/mol. The molecule has 0 radical (unpaired) electrons. The third-order valence-electron chi connectivity index (χ3n) is 6.79. The SMILES string of the molecule is CC1CCC2C(=CCCC2(C)C)C1(C)CCC1=CC(=O)OC1. The summed E-state index contributed by atoms with van der Waals surface area (Å²) >= 11 is 0. The van der Waals surface area contributed by atoms with Gasteiger partial charge in [-0.2, -0.15) is 0 Å². The van der Waals surface area contributed by atoms with E-state index in [9.17, 15) is 4.79 Å². The van der Waals surface area contributed by atoms with Crippen LogP contribution in [0.4, 0.5) is 0 Å². The van der Waals surface area contributed by atoms with Crippen LogP contribution in [0.2, 0.25) is 0 Å². The number of rotatable bonds is 3. The quantitative estimate of drug-likeness (QED) is 0.539. The fourth-order valence-corrected chi connectivity index (χ4v) is 4.90. The molecule has 3 atom stereocenters. The number of hydrogen-bond donors (Lipinski definition) is 0. The second-order valence-corrected chi connectivity index (χ2v) is 8.55. The van der Waals surface area contributed by atoms with Gasteiger partial charge in [-0.3, -0.25) is 0 Å². The number of hydrogen-bond acceptors (Lipinski definition) is 2. The summed E-state index contributed by atoms with van der Waals surface area (Å²) in [5.41, 5.74) is 3.62. The minimum Gasteiger partial charge on any atom is -0.458 e. The van der Waals surface area contributed by atoms with E-state index in [1.165, 1.54) is 31.3 Å². The van der Waals surface area contributed by atoms with Gasteiger partial charge in [-0.05, 0) is 66.8 Å². The van der Waals surface area contributed by atoms with Crippen LogP contribution in [0.15, 0.2) is 23.3 Å². The van der Waals surface area contributed by atoms with Gasteiger partial charge in [0.1, 0.15) is 6.61 Å². The van der Waals surface area contributed by atoms with Crippen LogP contribution in [0.5, 0.6) is 0 Å². The average molecular weight is 302 g/mol. The lowest BCUT2D eigenvalue weighted by Crippen LogP contribution is -2.43. The normalized spacial score (nSPS) is 37.2. The number of carbonyl (C=O) groups excluding carboxylic acids is 1. The van der Waals surface area contributed by atoms with Crippen molar-refractivity contribution in [2.45, 2.75) is 66.2 Å². The number of allylic oxidation sites excluding steroid dienone is 2. The maximum Gasteiger partial charge on any atom is 0.331 e. The van der Waals surface area contributed by atoms with Crippen molar-refractivity contribution in [3.8, 4) is 0 Å². The standard InChI is InChI=1S/C20H30O2/c1-14-7-8-16-17(6-5-10-19(16,2)3)20(14,4)11-9-15-12-18(21)22-13-15/h6,12,14,16H,5,7-11,13H2,1-4H3. The van der Waals surface area contributed by atoms with Crippen molar-refractivity contribution in [1.82, 2.24) is 0 Å². The van der Waals surface area contributed by atoms with Gasteiger partial charge in [0.25, 0.3) is 0 Å². The smallest absolute Gasteiger partial charge is 0.331 e. The van der Waals surface area contributed by atoms with Crippen molar-refractivity contribution < 1.29 is 9.53 Å². The molecule has 0 saturated heterocycles. The van der Waals surface area contributed by atoms with E-state index in [0.717, 1.165) is 24.7 Å². The summed E-state index contributed by atoms with van der Waals surface area (Å²) in [7, 11) is 0. The van der Waals surface area contributed by atoms with Crippen molar-refractivity contribution in [3.05, 3.63) is 23.3 Å². The van der Waals surface area contributed by atoms with Crippen LogP contribution < -0.4 is 0 Å². The molecular weight excluding hydrogens is 272 g/mol. The van der Waals surface area contributed by atoms with Crippen LogP contribution in [0.25, 0.3) is 0 Å². The second kappa shape index (κ2) is 5.54. The minimum atomic E-state index is -0.160. The van der Waals surface area contributed by atoms with E-state index in [1.54, 1.807) is 11.6 Å². The molecule has 0 N–H and O–H groups in total. The van der Waals surface area contributed by atoms with Crippen molar-refractivity contribution in [1.29, 1.82) is 0 Å². The molecule has 3 aliphatic rings. The van der Waals surface area contributed by atoms with E-state index >= 15 is 0 Å². The van der Waals surface area contributed by atoms with Crippen molar-refractivity contribution in [2.24, 2.45) is 22.7 Å². The lowest BCUT2D eigenvalue weighted by molar-refractivity contribution is -0.134. The zero-order chi connectivity index (χ0) is 16.0. The van der Waals surface area contributed by atoms with Gasteiger partial charge in [0.2, 0.25) is 0 Å². The first-order valence-electron chi connectivity index (χ1n) is 8.90. The van der Waals surface area contributed by atoms with Crippen LogP contribution in [-0.2, 0) is 9.53 Å². The maximum absolute atomic E-state index is 11.3. The zero-order valence-electron chi connectivity index (χ0n) is 14.6. The van der Waals surface area contributed by atoms with E-state index in [2.05, 4.69) is 33.8 Å². The summed E-state index contributed by atoms with van der Waals surface area (Å²) in [6.07, 6.45) is 11.6. The van der Waals surface area contributed by atoms with Crippen molar-refractivity contribution >= 4 is 5.97 Å². The molecule has 1 aliphatic heterocycles. The molecule has 22 heavy (non-hydrogen) atoms. The van der Waals surface area contributed by atoms with Gasteiger partial charge in [-0.15, -0.1) is 0 Å². The highest BCUT2D eigenvalue weighted by Gasteiger charge is 2.47. The van der Waals surface area contributed by atoms with Crippen LogP contribution in [0.3, 0.4) is 0 Å². The Balaban J connectivity index is 1.81. The zero-order valence-corrected chi connectivity index (χ0v) is 14.6. The number of fused-ring (bicyclic) bond motifs is 1. The Morgan fingerprint density at radius 1 is 1.27 bits per heavy atom. The van der Waals surface area contributed by atoms with Gasteiger partial charge < -0.3 is 4.74 Å². The summed E-state index contributed by atoms with van der Waals surface area (Å²) < 4.78 is 5.06. The Morgan fingerprint density at radius 2 is 2.05 bits per heavy atom. The molecule has 122 valence electrons. The van der Waals surface area contributed by atoms with Crippen LogP contribution in [-0.4, -0.2) is 12.6 Å². The Hall–Kier alpha value is -1.05. The highest BCUT2D eigenvalue weighted by Crippen LogP contribution is 2.58. The third-order valence-corrected chi connectivity index (χ3v) is 6.79. The van der Waals surface area contributed by atoms with Gasteiger partial charge in [0.05, 0.1) is 0 Å². The summed E-state index contributed by atoms with van der Waals surface area (Å²) in [5.74, 6) is 1.31. The van der Waals surface area contributed by atoms with E-state index in [1.807, 2.05) is 0 Å². The number of cyclic esters (lactones) is 1. The van der Waals surface area contributed by atoms with Crippen LogP contribution in [0.1, 0.15) is 66.2 Å². The maximum atomic E-state index is 11.3. The fraction of sp³-hybridized carbons (Fsp3) is 0.750. The third kappa shape index (κ3) is 2.66. The van der Waals surface area contributed by atoms with E-state index in [0.29, 0.717) is 12.0 Å². The summed E-state index contributed by atoms with van der Waals surface area (Å²) in [6, 6.07) is 0. The Morgan fingerprint density at radius 3 is 2.73 bits per heavy atom. The molecule has 2 heteroatoms. The topological polar surface area (TPSA) is 26.3 Å². The Kier molecular flexibility index (Phi) is 3.99. The molecule has 1 saturated carbocycles. The first kappa shape index (κ1) is 15.8. The summed E-state index contributed by atoms with van der Waals surface area (Å²) in [4.78, 5) is 11.3. The molecule has 3 unspecified atom stereocenters. The molecule has 0 spiro atoms. The molecule has 0 aromatic rings. The van der Waals surface area contributed by atoms with E-state index in [-0.39, 0.29) is 11.4 Å². The molecule has 0 bridgehead atoms. The van der Waals surface area contributed by atoms with E-state index < -0.39 is 0 Å². The lowest BCUT2D eigenvalue weighted by atomic mass is 9.52. The summed E-state index contributed by atoms with van der Waals surface area (Å²) in [5, 5.41) is 0. The highest BCUT2D eigenvalue weighted by atomic mass is 16.5. The average Bonchev–Trinajstić information content (AvgIpc) is 2.87. The first-order chi connectivity index (χ1) is 10.3. The lowest BCUT2D eigenvalue weighted by Gasteiger charge is -2.53. The fourth-order valence-electron chi connectivity index (χ4n) is 4.90. The van der Waals surface area contributed by atoms with Gasteiger partial charge >= 0.3 is 5.97 Å². The van der Waals surface area contributed by atoms with Gasteiger partial charge in [-0.1, -0.05) is 39.3 Å². The van der Waals surface area contributed by atoms with Crippen LogP contribution in [0, 0.1) is 22.7 Å². The molecule has 2 nitrogen and oxygen atoms in total. The molecule has 1 fully saturated rings. The van der Waals surface area contributed by atoms with Gasteiger partial charge in [0.15, 0.2) is 0 Å². The van der Waals surface area contributed by atoms with Gasteiger partial charge in [-0.25, -0.2) is 4.79 Å². The number of ether oxygens (including phenoxy) is 1. The van der Waals surface area contributed by atoms with Crippen molar-refractivity contribution in [2.75, 3.05) is 6.61 Å². The predicted octanol–water partition coefficient (Wildman–Crippen LogP) is 5.05. The molecule has 2 aliphatic carbocycles. The van der Waals surface area contributed by atoms with E-state index in [4.69, 9.17) is 4.74 Å². The largest absolute Gasteiger partial charge is 0.458 e. The number of carbonyl (C=O) groups is 1. The van der Waals surface area contributed by atoms with Gasteiger partial charge in [0, 0.05) is 6.08 Å². The Bertz CT molecular complexity index is 526. The number of esters is 1. The molecule has 0 aromatic carbocycles. The second-order valence-electron chi connectivity index (χ2n) is 8.55. The predicted molar refractivity (Wildman–Crippen MR) is 89.4 cm³/mol. The minimum absolute atomic E-state index is 0.160. The molecule has 0 aromatic heterocycles. The first-order valence-corrected chi connectivity index (χ1v) is 8.90. The van der Waals surface area contributed by atoms with Crippen LogP contribution >= 0.6 is 0 Å². The molecule has 3 rings (SSSR count). The Labute approximate surface area is 135 Å².